The zero-order valence-corrected chi connectivity index (χ0v) is 29.9. The summed E-state index contributed by atoms with van der Waals surface area (Å²) in [5.41, 5.74) is 3.96. The first-order valence-corrected chi connectivity index (χ1v) is 16.8. The van der Waals surface area contributed by atoms with Crippen LogP contribution in [0.1, 0.15) is 17.0 Å². The third-order valence-electron chi connectivity index (χ3n) is 10.3. The molecule has 0 bridgehead atoms. The molecule has 7 rings (SSSR count). The van der Waals surface area contributed by atoms with Crippen molar-refractivity contribution in [1.29, 1.82) is 0 Å². The van der Waals surface area contributed by atoms with Gasteiger partial charge >= 0.3 is 0 Å². The van der Waals surface area contributed by atoms with Gasteiger partial charge in [-0.25, -0.2) is 4.98 Å². The maximum Gasteiger partial charge on any atom is 0.113 e. The molecule has 2 nitrogen and oxygen atoms in total. The molecule has 222 valence electrons. The Morgan fingerprint density at radius 3 is 1.60 bits per heavy atom. The summed E-state index contributed by atoms with van der Waals surface area (Å²) in [6.45, 7) is 1.90. The number of hydrogen-bond donors (Lipinski definition) is 0. The van der Waals surface area contributed by atoms with Gasteiger partial charge in [0.05, 0.1) is 24.6 Å². The Morgan fingerprint density at radius 1 is 0.600 bits per heavy atom. The molecular weight excluding hydrogens is 648 g/mol. The van der Waals surface area contributed by atoms with Crippen LogP contribution in [0.5, 0.6) is 0 Å². The van der Waals surface area contributed by atoms with Crippen molar-refractivity contribution < 1.29 is 0 Å². The molecule has 0 saturated heterocycles. The van der Waals surface area contributed by atoms with Crippen LogP contribution in [0, 0.1) is 19.3 Å². The van der Waals surface area contributed by atoms with Gasteiger partial charge in [-0.1, -0.05) is 75.3 Å². The Morgan fingerprint density at radius 2 is 1.07 bits per heavy atom. The summed E-state index contributed by atoms with van der Waals surface area (Å²) in [4.78, 5) is 4.82. The molecule has 0 amide bonds. The van der Waals surface area contributed by atoms with Gasteiger partial charge in [-0.2, -0.15) is 0 Å². The molecule has 0 aliphatic carbocycles. The van der Waals surface area contributed by atoms with Gasteiger partial charge in [-0.05, 0) is 68.9 Å². The van der Waals surface area contributed by atoms with Crippen molar-refractivity contribution in [3.8, 4) is 40.3 Å². The molecule has 1 heterocycles. The van der Waals surface area contributed by atoms with Crippen LogP contribution in [0.3, 0.4) is 0 Å². The minimum atomic E-state index is -0.126. The van der Waals surface area contributed by atoms with Gasteiger partial charge in [0.25, 0.3) is 0 Å². The molecule has 0 saturated carbocycles. The molecule has 0 aliphatic rings. The second-order valence-electron chi connectivity index (χ2n) is 13.2. The molecule has 0 atom stereocenters. The summed E-state index contributed by atoms with van der Waals surface area (Å²) in [5.74, 6) is 3.38. The van der Waals surface area contributed by atoms with E-state index in [1.54, 1.807) is 0 Å². The molecule has 0 unspecified atom stereocenters. The number of benzene rings is 6. The molecule has 0 fully saturated rings. The van der Waals surface area contributed by atoms with Crippen molar-refractivity contribution in [3.05, 3.63) is 71.0 Å². The third kappa shape index (κ3) is 5.58. The van der Waals surface area contributed by atoms with Crippen LogP contribution in [0.4, 0.5) is 0 Å². The predicted octanol–water partition coefficient (Wildman–Crippen LogP) is -4.72. The molecule has 1 aromatic heterocycles. The number of para-hydroxylation sites is 3. The Labute approximate surface area is 340 Å². The highest BCUT2D eigenvalue weighted by Crippen LogP contribution is 2.43. The van der Waals surface area contributed by atoms with E-state index in [4.69, 9.17) is 121 Å². The Hall–Kier alpha value is -4.48. The number of rotatable bonds is 5. The second-order valence-corrected chi connectivity index (χ2v) is 13.2. The normalized spacial score (nSPS) is 12.0. The van der Waals surface area contributed by atoms with Crippen LogP contribution >= 0.6 is 0 Å². The van der Waals surface area contributed by atoms with Crippen molar-refractivity contribution in [1.82, 2.24) is 9.55 Å². The van der Waals surface area contributed by atoms with Gasteiger partial charge in [-0.3, -0.25) is 4.57 Å². The lowest BCUT2D eigenvalue weighted by molar-refractivity contribution is 1.00. The summed E-state index contributed by atoms with van der Waals surface area (Å²) in [7, 11) is 93.3. The number of allylic oxidation sites excluding steroid dienone is 1. The summed E-state index contributed by atoms with van der Waals surface area (Å²) in [6.07, 6.45) is 6.15. The molecule has 0 spiro atoms. The zero-order chi connectivity index (χ0) is 39.9. The average Bonchev–Trinajstić information content (AvgIpc) is 3.53. The number of aromatic nitrogens is 2. The fourth-order valence-corrected chi connectivity index (χ4v) is 7.56. The molecule has 55 heavy (non-hydrogen) atoms. The van der Waals surface area contributed by atoms with Crippen molar-refractivity contribution in [2.75, 3.05) is 0 Å². The monoisotopic (exact) mass is 664 g/mol. The summed E-state index contributed by atoms with van der Waals surface area (Å²) < 4.78 is 2.01. The summed E-state index contributed by atoms with van der Waals surface area (Å²) in [6, 6.07) is 15.3. The number of nitrogens with zero attached hydrogens (tertiary/aromatic N) is 2. The van der Waals surface area contributed by atoms with E-state index in [9.17, 15) is 0 Å². The third-order valence-corrected chi connectivity index (χ3v) is 10.3. The van der Waals surface area contributed by atoms with E-state index < -0.39 is 0 Å². The van der Waals surface area contributed by atoms with Crippen molar-refractivity contribution >= 4 is 208 Å². The van der Waals surface area contributed by atoms with Crippen LogP contribution in [0.25, 0.3) is 66.0 Å². The van der Waals surface area contributed by atoms with Crippen LogP contribution in [0.15, 0.2) is 54.0 Å². The van der Waals surface area contributed by atoms with E-state index in [0.717, 1.165) is 11.0 Å². The van der Waals surface area contributed by atoms with E-state index in [1.807, 2.05) is 60.0 Å². The van der Waals surface area contributed by atoms with E-state index in [1.165, 1.54) is 0 Å². The van der Waals surface area contributed by atoms with Crippen molar-refractivity contribution in [3.63, 3.8) is 0 Å². The van der Waals surface area contributed by atoms with E-state index in [0.29, 0.717) is 33.4 Å². The van der Waals surface area contributed by atoms with E-state index >= 15 is 0 Å². The quantitative estimate of drug-likeness (QED) is 0.103. The highest BCUT2D eigenvalue weighted by molar-refractivity contribution is 6.72. The lowest BCUT2D eigenvalue weighted by Gasteiger charge is -2.31. The predicted molar refractivity (Wildman–Crippen MR) is 248 cm³/mol. The Balaban J connectivity index is 1.86. The molecule has 0 aliphatic heterocycles. The van der Waals surface area contributed by atoms with Gasteiger partial charge in [0.2, 0.25) is 0 Å². The smallest absolute Gasteiger partial charge is 0.113 e. The summed E-state index contributed by atoms with van der Waals surface area (Å²) >= 11 is 0. The minimum Gasteiger partial charge on any atom is -0.296 e. The molecule has 6 aromatic carbocycles. The molecule has 7 aromatic rings. The summed E-state index contributed by atoms with van der Waals surface area (Å²) in [5, 5.41) is 1.13. The number of fused-ring (bicyclic) bond motifs is 3. The molecule has 16 heteroatoms. The second kappa shape index (κ2) is 14.2. The highest BCUT2D eigenvalue weighted by atomic mass is 15.1. The number of hydrogen-bond acceptors (Lipinski definition) is 1. The maximum absolute atomic E-state index is 7.03. The van der Waals surface area contributed by atoms with Gasteiger partial charge in [0.15, 0.2) is 0 Å². The largest absolute Gasteiger partial charge is 0.296 e. The lowest BCUT2D eigenvalue weighted by atomic mass is 9.57. The highest BCUT2D eigenvalue weighted by Gasteiger charge is 2.29. The number of imidazole rings is 1. The first kappa shape index (κ1) is 38.8. The van der Waals surface area contributed by atoms with Gasteiger partial charge in [-0.15, -0.1) is 44.7 Å². The molecular formula is C39H14B14N2. The van der Waals surface area contributed by atoms with Crippen LogP contribution < -0.4 is 60.1 Å². The van der Waals surface area contributed by atoms with Crippen LogP contribution in [-0.4, -0.2) is 119 Å². The molecule has 0 N–H and O–H groups in total. The average molecular weight is 662 g/mol. The Bertz CT molecular complexity index is 2840. The first-order valence-electron chi connectivity index (χ1n) is 16.8. The Kier molecular flexibility index (Phi) is 10.0. The topological polar surface area (TPSA) is 17.8 Å². The number of terminal acetylenes is 1. The SMILES string of the molecule is [B]C/C([B])=C(/[B])c1c([B])c([B])c([B])c(-c2c3c([B])c([B])c([B])c([B])c3c(-c3ccccc3-n3c(C)nc4ccccc43)c3c([B])c([B])c([B])c([B])c23)c1C#C. The maximum atomic E-state index is 7.03. The zero-order valence-electron chi connectivity index (χ0n) is 29.9. The van der Waals surface area contributed by atoms with E-state index in [2.05, 4.69) is 5.92 Å². The number of aryl methyl sites for hydroxylation is 1. The van der Waals surface area contributed by atoms with Crippen LogP contribution in [0.2, 0.25) is 6.32 Å². The lowest BCUT2D eigenvalue weighted by Crippen LogP contribution is -2.50. The van der Waals surface area contributed by atoms with Crippen molar-refractivity contribution in [2.45, 2.75) is 13.2 Å². The first-order chi connectivity index (χ1) is 26.1. The minimum absolute atomic E-state index is 0.0128. The van der Waals surface area contributed by atoms with E-state index in [-0.39, 0.29) is 110 Å². The fraction of sp³-hybridized carbons (Fsp3) is 0.0513. The van der Waals surface area contributed by atoms with Gasteiger partial charge in [0, 0.05) is 11.1 Å². The van der Waals surface area contributed by atoms with Crippen molar-refractivity contribution in [2.24, 2.45) is 0 Å². The standard InChI is InChI=1S/C39H14B14N2/c1-3-14-21(29(43)35(49)30(44)22(14)28(42)16(41)12-40)23-26-24(31(45)36(50)38(52)33(26)47)20(25-27(23)34(48)39(53)37(51)32(25)46)15-8-4-6-10-18(15)55-13(2)54-17-9-5-7-11-19(17)55/h1,4-11H,12H2,2H3/b28-16-. The molecule has 28 radical (unpaired) electrons. The van der Waals surface area contributed by atoms with Gasteiger partial charge in [0.1, 0.15) is 108 Å². The fourth-order valence-electron chi connectivity index (χ4n) is 7.56. The van der Waals surface area contributed by atoms with Crippen LogP contribution in [-0.2, 0) is 0 Å². The van der Waals surface area contributed by atoms with Gasteiger partial charge < -0.3 is 0 Å².